The molecule has 9 N–H and O–H groups in total. The molecule has 0 radical (unpaired) electrons. The molecule has 5 fully saturated rings. The van der Waals surface area contributed by atoms with E-state index in [1.165, 1.54) is 47.6 Å². The largest absolute Gasteiger partial charge is 0.394 e. The Labute approximate surface area is 442 Å². The Kier molecular flexibility index (Phi) is 18.4. The molecule has 2 aromatic carbocycles. The van der Waals surface area contributed by atoms with Crippen LogP contribution in [0.2, 0.25) is 0 Å². The Morgan fingerprint density at radius 2 is 1.44 bits per heavy atom. The van der Waals surface area contributed by atoms with Crippen LogP contribution in [0.1, 0.15) is 65.0 Å². The molecule has 4 saturated heterocycles. The molecular formula is C51H69FN8O17. The van der Waals surface area contributed by atoms with E-state index in [9.17, 15) is 54.8 Å². The summed E-state index contributed by atoms with van der Waals surface area (Å²) in [4.78, 5) is 28.5. The minimum atomic E-state index is -1.79. The van der Waals surface area contributed by atoms with Crippen molar-refractivity contribution >= 4 is 11.8 Å². The number of aliphatic hydroxyl groups excluding tert-OH is 8. The van der Waals surface area contributed by atoms with Gasteiger partial charge in [-0.1, -0.05) is 66.2 Å². The van der Waals surface area contributed by atoms with Gasteiger partial charge in [0.25, 0.3) is 5.91 Å². The van der Waals surface area contributed by atoms with Crippen molar-refractivity contribution in [3.8, 4) is 22.5 Å². The molecule has 25 nitrogen and oxygen atoms in total. The van der Waals surface area contributed by atoms with Gasteiger partial charge in [-0.3, -0.25) is 9.59 Å². The molecule has 0 spiro atoms. The van der Waals surface area contributed by atoms with E-state index in [1.807, 2.05) is 37.3 Å². The molecule has 77 heavy (non-hydrogen) atoms. The monoisotopic (exact) mass is 1080 g/mol. The second kappa shape index (κ2) is 25.0. The Morgan fingerprint density at radius 1 is 0.766 bits per heavy atom. The number of likely N-dealkylation sites (tertiary alicyclic amines) is 1. The number of nitrogens with zero attached hydrogens (tertiary/aromatic N) is 7. The number of nitrogens with one attached hydrogen (secondary N) is 1. The van der Waals surface area contributed by atoms with Crippen LogP contribution < -0.4 is 5.32 Å². The van der Waals surface area contributed by atoms with Gasteiger partial charge in [-0.2, -0.15) is 0 Å². The van der Waals surface area contributed by atoms with Crippen molar-refractivity contribution in [1.29, 1.82) is 0 Å². The predicted octanol–water partition coefficient (Wildman–Crippen LogP) is -1.04. The molecule has 2 amide bonds. The number of rotatable bonds is 19. The first kappa shape index (κ1) is 56.7. The number of aromatic nitrogens is 6. The van der Waals surface area contributed by atoms with Crippen LogP contribution in [0.4, 0.5) is 4.39 Å². The van der Waals surface area contributed by atoms with E-state index >= 15 is 0 Å². The summed E-state index contributed by atoms with van der Waals surface area (Å²) in [5.74, 6) is -2.02. The van der Waals surface area contributed by atoms with E-state index in [-0.39, 0.29) is 37.5 Å². The molecule has 5 aliphatic rings. The highest BCUT2D eigenvalue weighted by Crippen LogP contribution is 2.42. The van der Waals surface area contributed by atoms with Crippen LogP contribution in [0, 0.1) is 11.7 Å². The number of aliphatic hydroxyl groups is 8. The highest BCUT2D eigenvalue weighted by Gasteiger charge is 2.54. The first-order valence-corrected chi connectivity index (χ1v) is 26.1. The van der Waals surface area contributed by atoms with E-state index < -0.39 is 147 Å². The number of benzene rings is 2. The lowest BCUT2D eigenvalue weighted by Crippen LogP contribution is -2.67. The lowest BCUT2D eigenvalue weighted by molar-refractivity contribution is -0.339. The van der Waals surface area contributed by atoms with E-state index in [1.54, 1.807) is 17.2 Å². The molecule has 4 aromatic rings. The SMILES string of the molecule is CCC[C@H](OC1C(NC(C)=O)[C@H](O[C@@H]2CC(CO[C@H]3OC(CO)[C@@H](O)C(n4cc(-c5cccc(F)c5)nn4)C3O)CC(n3cc(-c4ccccc4)nn3)C2O[C@@H]2OC(C)[C@@H](O)C(O)C2O)OC(CO)[C@@H]1O)C(=O)N1CCC1. The van der Waals surface area contributed by atoms with Crippen molar-refractivity contribution in [2.45, 2.75) is 169 Å². The maximum atomic E-state index is 14.2. The summed E-state index contributed by atoms with van der Waals surface area (Å²) in [7, 11) is 0. The molecule has 9 rings (SSSR count). The van der Waals surface area contributed by atoms with Crippen molar-refractivity contribution < 1.29 is 88.0 Å². The molecule has 1 saturated carbocycles. The summed E-state index contributed by atoms with van der Waals surface area (Å²) in [6, 6.07) is 11.3. The van der Waals surface area contributed by atoms with Crippen LogP contribution in [0.3, 0.4) is 0 Å². The average molecular weight is 1090 g/mol. The maximum Gasteiger partial charge on any atom is 0.251 e. The zero-order valence-electron chi connectivity index (χ0n) is 42.7. The summed E-state index contributed by atoms with van der Waals surface area (Å²) in [5, 5.41) is 109. The molecule has 12 unspecified atom stereocenters. The van der Waals surface area contributed by atoms with Gasteiger partial charge in [0.05, 0.1) is 50.5 Å². The molecule has 422 valence electrons. The zero-order chi connectivity index (χ0) is 54.7. The van der Waals surface area contributed by atoms with Crippen molar-refractivity contribution in [1.82, 2.24) is 40.2 Å². The number of ether oxygens (including phenoxy) is 7. The fourth-order valence-corrected chi connectivity index (χ4v) is 10.7. The molecular weight excluding hydrogens is 1020 g/mol. The number of amides is 2. The maximum absolute atomic E-state index is 14.2. The zero-order valence-corrected chi connectivity index (χ0v) is 42.7. The quantitative estimate of drug-likeness (QED) is 0.0541. The lowest BCUT2D eigenvalue weighted by Gasteiger charge is -2.49. The second-order valence-electron chi connectivity index (χ2n) is 20.4. The van der Waals surface area contributed by atoms with Gasteiger partial charge in [-0.15, -0.1) is 10.2 Å². The molecule has 2 aromatic heterocycles. The Hall–Kier alpha value is -5.01. The van der Waals surface area contributed by atoms with Gasteiger partial charge in [0, 0.05) is 31.1 Å². The fraction of sp³-hybridized carbons (Fsp3) is 0.647. The van der Waals surface area contributed by atoms with Crippen LogP contribution in [-0.4, -0.2) is 225 Å². The van der Waals surface area contributed by atoms with Crippen LogP contribution in [0.25, 0.3) is 22.5 Å². The van der Waals surface area contributed by atoms with Gasteiger partial charge < -0.3 is 84.2 Å². The summed E-state index contributed by atoms with van der Waals surface area (Å²) >= 11 is 0. The molecule has 1 aliphatic carbocycles. The minimum Gasteiger partial charge on any atom is -0.394 e. The van der Waals surface area contributed by atoms with Crippen molar-refractivity contribution in [3.63, 3.8) is 0 Å². The number of halogens is 1. The van der Waals surface area contributed by atoms with Crippen molar-refractivity contribution in [2.24, 2.45) is 5.92 Å². The van der Waals surface area contributed by atoms with Gasteiger partial charge in [-0.25, -0.2) is 13.8 Å². The normalized spacial score (nSPS) is 36.0. The van der Waals surface area contributed by atoms with Gasteiger partial charge in [0.1, 0.15) is 96.4 Å². The summed E-state index contributed by atoms with van der Waals surface area (Å²) in [6.07, 6.45) is -18.1. The number of hydrogen-bond acceptors (Lipinski definition) is 21. The minimum absolute atomic E-state index is 0.0141. The van der Waals surface area contributed by atoms with Gasteiger partial charge in [-0.05, 0) is 50.7 Å². The molecule has 20 atom stereocenters. The third kappa shape index (κ3) is 12.4. The number of carbonyl (C=O) groups excluding carboxylic acids is 2. The van der Waals surface area contributed by atoms with Crippen molar-refractivity contribution in [3.05, 3.63) is 72.8 Å². The molecule has 26 heteroatoms. The average Bonchev–Trinajstić information content (AvgIpc) is 4.12. The van der Waals surface area contributed by atoms with Crippen LogP contribution in [0.15, 0.2) is 67.0 Å². The third-order valence-corrected chi connectivity index (χ3v) is 15.0. The van der Waals surface area contributed by atoms with Gasteiger partial charge in [0.2, 0.25) is 5.91 Å². The predicted molar refractivity (Wildman–Crippen MR) is 262 cm³/mol. The second-order valence-corrected chi connectivity index (χ2v) is 20.4. The number of hydrogen-bond donors (Lipinski definition) is 9. The van der Waals surface area contributed by atoms with Gasteiger partial charge >= 0.3 is 0 Å². The Bertz CT molecular complexity index is 2570. The topological polar surface area (TPSA) is 337 Å². The third-order valence-electron chi connectivity index (χ3n) is 15.0. The summed E-state index contributed by atoms with van der Waals surface area (Å²) in [5.41, 5.74) is 1.80. The van der Waals surface area contributed by atoms with Crippen LogP contribution >= 0.6 is 0 Å². The van der Waals surface area contributed by atoms with Crippen molar-refractivity contribution in [2.75, 3.05) is 32.9 Å². The van der Waals surface area contributed by atoms with Crippen LogP contribution in [-0.2, 0) is 42.7 Å². The van der Waals surface area contributed by atoms with Gasteiger partial charge in [0.15, 0.2) is 18.9 Å². The molecule has 0 bridgehead atoms. The van der Waals surface area contributed by atoms with E-state index in [0.29, 0.717) is 36.3 Å². The first-order chi connectivity index (χ1) is 37.1. The van der Waals surface area contributed by atoms with Crippen LogP contribution in [0.5, 0.6) is 0 Å². The number of carbonyl (C=O) groups is 2. The molecule has 6 heterocycles. The molecule has 4 aliphatic heterocycles. The first-order valence-electron chi connectivity index (χ1n) is 26.1. The Morgan fingerprint density at radius 3 is 2.12 bits per heavy atom. The van der Waals surface area contributed by atoms with E-state index in [2.05, 4.69) is 25.9 Å². The highest BCUT2D eigenvalue weighted by molar-refractivity contribution is 5.81. The van der Waals surface area contributed by atoms with E-state index in [4.69, 9.17) is 33.2 Å². The smallest absolute Gasteiger partial charge is 0.251 e. The highest BCUT2D eigenvalue weighted by atomic mass is 19.1. The summed E-state index contributed by atoms with van der Waals surface area (Å²) < 4.78 is 61.7. The Balaban J connectivity index is 1.06. The van der Waals surface area contributed by atoms with E-state index in [0.717, 1.165) is 6.42 Å². The fourth-order valence-electron chi connectivity index (χ4n) is 10.7. The summed E-state index contributed by atoms with van der Waals surface area (Å²) in [6.45, 7) is 3.99. The standard InChI is InChI=1S/C51H69FN8O17/c1-4-10-34(48(70)58-15-9-16-58)73-47-38(53-26(3)63)49(75-37(23-62)42(47)66)74-35-18-27(24-71-50-43(67)39(41(65)36(22-61)76-50)60-21-32(55-57-60)29-13-8-14-30(52)19-29)17-33(59-20-31(54-56-59)28-11-6-5-7-12-28)46(35)77-51-45(69)44(68)40(64)25(2)72-51/h5-8,11-14,19-21,25,27,33-47,49-51,61-62,64-69H,4,9-10,15-18,22-24H2,1-3H3,(H,53,63)/t25?,27?,33?,34-,35+,36?,37?,38?,39?,40+,41+,42-,43?,44?,45?,46?,47?,49+,50-,51-/m0/s1. The lowest BCUT2D eigenvalue weighted by atomic mass is 9.81.